The van der Waals surface area contributed by atoms with Crippen LogP contribution in [0.15, 0.2) is 60.0 Å². The summed E-state index contributed by atoms with van der Waals surface area (Å²) in [7, 11) is 0. The van der Waals surface area contributed by atoms with E-state index in [0.29, 0.717) is 11.0 Å². The molecule has 0 unspecified atom stereocenters. The van der Waals surface area contributed by atoms with Crippen molar-refractivity contribution in [1.82, 2.24) is 9.97 Å². The van der Waals surface area contributed by atoms with Crippen molar-refractivity contribution in [2.45, 2.75) is 0 Å². The summed E-state index contributed by atoms with van der Waals surface area (Å²) < 4.78 is 0. The lowest BCUT2D eigenvalue weighted by Crippen LogP contribution is -2.24. The summed E-state index contributed by atoms with van der Waals surface area (Å²) in [5.41, 5.74) is -2.18. The zero-order valence-corrected chi connectivity index (χ0v) is 17.0. The molecule has 168 valence electrons. The van der Waals surface area contributed by atoms with Crippen molar-refractivity contribution in [2.24, 2.45) is 0 Å². The van der Waals surface area contributed by atoms with Gasteiger partial charge in [-0.05, 0) is 12.1 Å². The Bertz CT molecular complexity index is 1540. The number of carbonyl (C=O) groups is 4. The Labute approximate surface area is 189 Å². The number of carboxylic acids is 2. The van der Waals surface area contributed by atoms with Gasteiger partial charge in [0.2, 0.25) is 11.6 Å². The van der Waals surface area contributed by atoms with E-state index in [4.69, 9.17) is 0 Å². The Morgan fingerprint density at radius 2 is 0.971 bits per heavy atom. The van der Waals surface area contributed by atoms with Gasteiger partial charge in [-0.3, -0.25) is 9.59 Å². The number of carboxylic acid groups (broad SMARTS) is 2. The molecule has 0 fully saturated rings. The lowest BCUT2D eigenvalue weighted by molar-refractivity contribution is -0.116. The van der Waals surface area contributed by atoms with E-state index in [1.807, 2.05) is 0 Å². The van der Waals surface area contributed by atoms with Gasteiger partial charge in [0.1, 0.15) is 11.4 Å². The van der Waals surface area contributed by atoms with Crippen LogP contribution in [0.3, 0.4) is 0 Å². The maximum atomic E-state index is 13.3. The maximum absolute atomic E-state index is 13.3. The second-order valence-electron chi connectivity index (χ2n) is 7.56. The molecule has 0 saturated carbocycles. The summed E-state index contributed by atoms with van der Waals surface area (Å²) in [5.74, 6) is -7.56. The molecular weight excluding hydrogens is 444 g/mol. The van der Waals surface area contributed by atoms with Gasteiger partial charge in [-0.2, -0.15) is 0 Å². The molecule has 34 heavy (non-hydrogen) atoms. The van der Waals surface area contributed by atoms with E-state index in [1.165, 1.54) is 12.1 Å². The second-order valence-corrected chi connectivity index (χ2v) is 7.56. The first-order valence-corrected chi connectivity index (χ1v) is 9.87. The summed E-state index contributed by atoms with van der Waals surface area (Å²) in [6.45, 7) is 0. The number of carbonyl (C=O) groups excluding carboxylic acids is 2. The maximum Gasteiger partial charge on any atom is 0.352 e. The molecule has 0 aliphatic heterocycles. The van der Waals surface area contributed by atoms with Crippen molar-refractivity contribution < 1.29 is 39.6 Å². The van der Waals surface area contributed by atoms with Crippen molar-refractivity contribution in [2.75, 3.05) is 0 Å². The average molecular weight is 458 g/mol. The summed E-state index contributed by atoms with van der Waals surface area (Å²) in [5, 5.41) is 41.4. The highest BCUT2D eigenvalue weighted by Crippen LogP contribution is 2.41. The number of aliphatic hydroxyl groups is 2. The molecular formula is C24H14N2O8. The first-order chi connectivity index (χ1) is 16.2. The highest BCUT2D eigenvalue weighted by atomic mass is 16.4. The SMILES string of the molecule is O=C1C(O)=C(c2c(C(=O)O)[nH]c3ccccc23)C(=O)C(O)=C1c1c(C(=O)O)[nH]c2ccccc12. The molecule has 10 nitrogen and oxygen atoms in total. The smallest absolute Gasteiger partial charge is 0.352 e. The largest absolute Gasteiger partial charge is 0.504 e. The van der Waals surface area contributed by atoms with E-state index >= 15 is 0 Å². The van der Waals surface area contributed by atoms with E-state index in [0.717, 1.165) is 0 Å². The fourth-order valence-corrected chi connectivity index (χ4v) is 4.27. The number of Topliss-reactive ketones (excluding diaryl/α,β-unsaturated/α-hetero) is 2. The molecule has 6 N–H and O–H groups in total. The van der Waals surface area contributed by atoms with Crippen molar-refractivity contribution in [3.63, 3.8) is 0 Å². The van der Waals surface area contributed by atoms with Crippen LogP contribution in [0.1, 0.15) is 32.1 Å². The van der Waals surface area contributed by atoms with Gasteiger partial charge < -0.3 is 30.4 Å². The number of aromatic nitrogens is 2. The molecule has 2 heterocycles. The molecule has 0 amide bonds. The predicted octanol–water partition coefficient (Wildman–Crippen LogP) is 3.44. The topological polar surface area (TPSA) is 181 Å². The Morgan fingerprint density at radius 3 is 1.32 bits per heavy atom. The number of ketones is 2. The molecule has 0 spiro atoms. The number of fused-ring (bicyclic) bond motifs is 2. The zero-order chi connectivity index (χ0) is 24.3. The van der Waals surface area contributed by atoms with E-state index in [9.17, 15) is 39.6 Å². The molecule has 5 rings (SSSR count). The lowest BCUT2D eigenvalue weighted by atomic mass is 9.84. The van der Waals surface area contributed by atoms with Crippen LogP contribution in [0.4, 0.5) is 0 Å². The van der Waals surface area contributed by atoms with Gasteiger partial charge in [0.15, 0.2) is 11.5 Å². The normalized spacial score (nSPS) is 14.5. The average Bonchev–Trinajstić information content (AvgIpc) is 3.38. The highest BCUT2D eigenvalue weighted by molar-refractivity contribution is 6.48. The zero-order valence-electron chi connectivity index (χ0n) is 17.0. The lowest BCUT2D eigenvalue weighted by Gasteiger charge is -2.18. The van der Waals surface area contributed by atoms with Crippen LogP contribution in [0.25, 0.3) is 33.0 Å². The molecule has 0 bridgehead atoms. The number of hydrogen-bond donors (Lipinski definition) is 6. The third-order valence-electron chi connectivity index (χ3n) is 5.70. The Kier molecular flexibility index (Phi) is 4.40. The minimum atomic E-state index is -1.45. The number of hydrogen-bond acceptors (Lipinski definition) is 6. The number of aromatic amines is 2. The van der Waals surface area contributed by atoms with E-state index in [-0.39, 0.29) is 21.9 Å². The van der Waals surface area contributed by atoms with Crippen LogP contribution < -0.4 is 0 Å². The molecule has 0 saturated heterocycles. The third kappa shape index (κ3) is 2.75. The van der Waals surface area contributed by atoms with Crippen molar-refractivity contribution in [3.8, 4) is 0 Å². The number of rotatable bonds is 4. The van der Waals surface area contributed by atoms with Gasteiger partial charge in [0.05, 0.1) is 11.1 Å². The van der Waals surface area contributed by atoms with Crippen LogP contribution in [-0.4, -0.2) is 53.9 Å². The Hall–Kier alpha value is -5.12. The fraction of sp³-hybridized carbons (Fsp3) is 0. The van der Waals surface area contributed by atoms with E-state index in [2.05, 4.69) is 9.97 Å². The molecule has 0 radical (unpaired) electrons. The minimum Gasteiger partial charge on any atom is -0.504 e. The van der Waals surface area contributed by atoms with Crippen molar-refractivity contribution >= 4 is 56.5 Å². The first kappa shape index (κ1) is 20.8. The molecule has 1 aliphatic rings. The molecule has 4 aromatic rings. The summed E-state index contributed by atoms with van der Waals surface area (Å²) >= 11 is 0. The van der Waals surface area contributed by atoms with Crippen LogP contribution in [0.5, 0.6) is 0 Å². The van der Waals surface area contributed by atoms with Crippen LogP contribution in [0, 0.1) is 0 Å². The monoisotopic (exact) mass is 458 g/mol. The fourth-order valence-electron chi connectivity index (χ4n) is 4.27. The molecule has 2 aromatic heterocycles. The van der Waals surface area contributed by atoms with Gasteiger partial charge in [0, 0.05) is 32.9 Å². The van der Waals surface area contributed by atoms with Crippen molar-refractivity contribution in [3.05, 3.63) is 82.6 Å². The number of nitrogens with one attached hydrogen (secondary N) is 2. The standard InChI is InChI=1S/C24H14N2O8/c27-19-15(13-9-5-1-3-7-11(9)25-17(13)23(31)32)20(28)22(30)16(21(19)29)14-10-6-2-4-8-12(10)26-18(14)24(33)34/h1-8,25-27,30H,(H,31,32)(H,33,34). The van der Waals surface area contributed by atoms with Crippen LogP contribution in [0.2, 0.25) is 0 Å². The van der Waals surface area contributed by atoms with Gasteiger partial charge in [-0.25, -0.2) is 9.59 Å². The Balaban J connectivity index is 1.80. The van der Waals surface area contributed by atoms with Gasteiger partial charge in [0.25, 0.3) is 0 Å². The van der Waals surface area contributed by atoms with Crippen LogP contribution >= 0.6 is 0 Å². The summed E-state index contributed by atoms with van der Waals surface area (Å²) in [6, 6.07) is 12.5. The predicted molar refractivity (Wildman–Crippen MR) is 120 cm³/mol. The molecule has 2 aromatic carbocycles. The second kappa shape index (κ2) is 7.20. The number of allylic oxidation sites excluding steroid dienone is 2. The molecule has 10 heteroatoms. The van der Waals surface area contributed by atoms with E-state index < -0.39 is 57.6 Å². The number of aromatic carboxylic acids is 2. The molecule has 0 atom stereocenters. The van der Waals surface area contributed by atoms with E-state index in [1.54, 1.807) is 36.4 Å². The quantitative estimate of drug-likeness (QED) is 0.251. The van der Waals surface area contributed by atoms with Gasteiger partial charge >= 0.3 is 11.9 Å². The van der Waals surface area contributed by atoms with Crippen molar-refractivity contribution in [1.29, 1.82) is 0 Å². The summed E-state index contributed by atoms with van der Waals surface area (Å²) in [6.07, 6.45) is 0. The number of benzene rings is 2. The van der Waals surface area contributed by atoms with Gasteiger partial charge in [-0.15, -0.1) is 0 Å². The van der Waals surface area contributed by atoms with Crippen LogP contribution in [-0.2, 0) is 9.59 Å². The van der Waals surface area contributed by atoms with Gasteiger partial charge in [-0.1, -0.05) is 36.4 Å². The first-order valence-electron chi connectivity index (χ1n) is 9.87. The summed E-state index contributed by atoms with van der Waals surface area (Å²) in [4.78, 5) is 55.5. The highest BCUT2D eigenvalue weighted by Gasteiger charge is 2.41. The number of H-pyrrole nitrogens is 2. The number of aliphatic hydroxyl groups excluding tert-OH is 2. The minimum absolute atomic E-state index is 0.233. The number of para-hydroxylation sites is 2. The molecule has 1 aliphatic carbocycles. The third-order valence-corrected chi connectivity index (χ3v) is 5.70. The Morgan fingerprint density at radius 1 is 0.618 bits per heavy atom.